The van der Waals surface area contributed by atoms with Crippen molar-refractivity contribution in [3.8, 4) is 0 Å². The SMILES string of the molecule is CC(C)NCc1csc(S(=O)(=O)NC(C)C2CCCO2)c1. The first kappa shape index (κ1) is 16.9. The van der Waals surface area contributed by atoms with Crippen molar-refractivity contribution in [3.63, 3.8) is 0 Å². The molecule has 0 saturated carbocycles. The lowest BCUT2D eigenvalue weighted by molar-refractivity contribution is 0.0902. The highest BCUT2D eigenvalue weighted by Crippen LogP contribution is 2.22. The second-order valence-corrected chi connectivity index (χ2v) is 8.62. The fourth-order valence-electron chi connectivity index (χ4n) is 2.28. The highest BCUT2D eigenvalue weighted by atomic mass is 32.2. The van der Waals surface area contributed by atoms with E-state index in [1.807, 2.05) is 12.3 Å². The second-order valence-electron chi connectivity index (χ2n) is 5.77. The summed E-state index contributed by atoms with van der Waals surface area (Å²) in [6, 6.07) is 1.92. The maximum Gasteiger partial charge on any atom is 0.250 e. The van der Waals surface area contributed by atoms with Gasteiger partial charge in [-0.2, -0.15) is 0 Å². The third kappa shape index (κ3) is 4.75. The molecule has 2 N–H and O–H groups in total. The molecule has 21 heavy (non-hydrogen) atoms. The van der Waals surface area contributed by atoms with E-state index in [0.717, 1.165) is 25.0 Å². The van der Waals surface area contributed by atoms with Crippen LogP contribution >= 0.6 is 11.3 Å². The monoisotopic (exact) mass is 332 g/mol. The van der Waals surface area contributed by atoms with Crippen LogP contribution in [0.25, 0.3) is 0 Å². The number of hydrogen-bond acceptors (Lipinski definition) is 5. The third-order valence-corrected chi connectivity index (χ3v) is 6.52. The van der Waals surface area contributed by atoms with Gasteiger partial charge in [0.05, 0.1) is 6.10 Å². The molecule has 2 unspecified atom stereocenters. The molecule has 1 saturated heterocycles. The lowest BCUT2D eigenvalue weighted by atomic mass is 10.1. The van der Waals surface area contributed by atoms with Crippen LogP contribution in [-0.4, -0.2) is 33.2 Å². The molecule has 1 fully saturated rings. The largest absolute Gasteiger partial charge is 0.377 e. The van der Waals surface area contributed by atoms with E-state index in [1.165, 1.54) is 11.3 Å². The molecule has 1 aromatic heterocycles. The Morgan fingerprint density at radius 2 is 2.19 bits per heavy atom. The highest BCUT2D eigenvalue weighted by Gasteiger charge is 2.27. The fourth-order valence-corrected chi connectivity index (χ4v) is 4.78. The Kier molecular flexibility index (Phi) is 5.79. The molecule has 0 amide bonds. The minimum Gasteiger partial charge on any atom is -0.377 e. The average molecular weight is 332 g/mol. The van der Waals surface area contributed by atoms with E-state index in [4.69, 9.17) is 4.74 Å². The van der Waals surface area contributed by atoms with Gasteiger partial charge in [-0.25, -0.2) is 13.1 Å². The Morgan fingerprint density at radius 3 is 2.81 bits per heavy atom. The van der Waals surface area contributed by atoms with Crippen molar-refractivity contribution < 1.29 is 13.2 Å². The Morgan fingerprint density at radius 1 is 1.43 bits per heavy atom. The van der Waals surface area contributed by atoms with E-state index in [1.54, 1.807) is 6.07 Å². The third-order valence-electron chi connectivity index (χ3n) is 3.47. The van der Waals surface area contributed by atoms with Crippen LogP contribution in [0, 0.1) is 0 Å². The van der Waals surface area contributed by atoms with Crippen molar-refractivity contribution in [1.29, 1.82) is 0 Å². The van der Waals surface area contributed by atoms with Crippen molar-refractivity contribution in [2.45, 2.75) is 62.6 Å². The zero-order valence-corrected chi connectivity index (χ0v) is 14.4. The topological polar surface area (TPSA) is 67.4 Å². The summed E-state index contributed by atoms with van der Waals surface area (Å²) in [7, 11) is -3.45. The average Bonchev–Trinajstić information content (AvgIpc) is 3.07. The van der Waals surface area contributed by atoms with Gasteiger partial charge < -0.3 is 10.1 Å². The molecule has 0 bridgehead atoms. The van der Waals surface area contributed by atoms with Crippen LogP contribution in [-0.2, 0) is 21.3 Å². The van der Waals surface area contributed by atoms with Crippen LogP contribution < -0.4 is 10.0 Å². The predicted molar refractivity (Wildman–Crippen MR) is 85.1 cm³/mol. The second kappa shape index (κ2) is 7.19. The van der Waals surface area contributed by atoms with Gasteiger partial charge in [0.2, 0.25) is 10.0 Å². The molecular formula is C14H24N2O3S2. The lowest BCUT2D eigenvalue weighted by Gasteiger charge is -2.19. The molecule has 1 aliphatic rings. The molecule has 1 aromatic rings. The van der Waals surface area contributed by atoms with Crippen LogP contribution in [0.1, 0.15) is 39.2 Å². The molecule has 0 aromatic carbocycles. The van der Waals surface area contributed by atoms with Gasteiger partial charge in [0.25, 0.3) is 0 Å². The van der Waals surface area contributed by atoms with Crippen molar-refractivity contribution in [2.24, 2.45) is 0 Å². The van der Waals surface area contributed by atoms with Gasteiger partial charge in [-0.1, -0.05) is 13.8 Å². The minimum absolute atomic E-state index is 0.0122. The van der Waals surface area contributed by atoms with Gasteiger partial charge in [0.15, 0.2) is 0 Å². The van der Waals surface area contributed by atoms with Gasteiger partial charge in [-0.3, -0.25) is 0 Å². The molecule has 0 aliphatic carbocycles. The lowest BCUT2D eigenvalue weighted by Crippen LogP contribution is -2.40. The van der Waals surface area contributed by atoms with Crippen LogP contribution in [0.2, 0.25) is 0 Å². The fraction of sp³-hybridized carbons (Fsp3) is 0.714. The molecule has 2 rings (SSSR count). The smallest absolute Gasteiger partial charge is 0.250 e. The van der Waals surface area contributed by atoms with Crippen molar-refractivity contribution >= 4 is 21.4 Å². The molecule has 5 nitrogen and oxygen atoms in total. The van der Waals surface area contributed by atoms with Gasteiger partial charge in [-0.15, -0.1) is 11.3 Å². The number of ether oxygens (including phenoxy) is 1. The summed E-state index contributed by atoms with van der Waals surface area (Å²) >= 11 is 1.26. The molecule has 2 atom stereocenters. The predicted octanol–water partition coefficient (Wildman–Crippen LogP) is 2.09. The van der Waals surface area contributed by atoms with Gasteiger partial charge in [-0.05, 0) is 36.8 Å². The first-order chi connectivity index (χ1) is 9.88. The van der Waals surface area contributed by atoms with Gasteiger partial charge >= 0.3 is 0 Å². The summed E-state index contributed by atoms with van der Waals surface area (Å²) in [5, 5.41) is 5.17. The highest BCUT2D eigenvalue weighted by molar-refractivity contribution is 7.91. The summed E-state index contributed by atoms with van der Waals surface area (Å²) in [4.78, 5) is 0. The first-order valence-electron chi connectivity index (χ1n) is 7.33. The number of hydrogen-bond donors (Lipinski definition) is 2. The zero-order valence-electron chi connectivity index (χ0n) is 12.8. The van der Waals surface area contributed by atoms with Crippen LogP contribution in [0.3, 0.4) is 0 Å². The number of nitrogens with one attached hydrogen (secondary N) is 2. The summed E-state index contributed by atoms with van der Waals surface area (Å²) < 4.78 is 33.4. The Hall–Kier alpha value is -0.470. The molecule has 2 heterocycles. The quantitative estimate of drug-likeness (QED) is 0.802. The van der Waals surface area contributed by atoms with Gasteiger partial charge in [0, 0.05) is 25.2 Å². The zero-order chi connectivity index (χ0) is 15.5. The number of rotatable bonds is 7. The van der Waals surface area contributed by atoms with Crippen molar-refractivity contribution in [3.05, 3.63) is 17.0 Å². The van der Waals surface area contributed by atoms with Crippen LogP contribution in [0.5, 0.6) is 0 Å². The molecule has 0 spiro atoms. The molecular weight excluding hydrogens is 308 g/mol. The molecule has 7 heteroatoms. The summed E-state index contributed by atoms with van der Waals surface area (Å²) in [5.74, 6) is 0. The Labute approximate surface area is 131 Å². The van der Waals surface area contributed by atoms with E-state index in [2.05, 4.69) is 23.9 Å². The summed E-state index contributed by atoms with van der Waals surface area (Å²) in [5.41, 5.74) is 0.999. The summed E-state index contributed by atoms with van der Waals surface area (Å²) in [6.45, 7) is 7.40. The molecule has 120 valence electrons. The minimum atomic E-state index is -3.45. The first-order valence-corrected chi connectivity index (χ1v) is 9.69. The maximum absolute atomic E-state index is 12.4. The van der Waals surface area contributed by atoms with E-state index in [0.29, 0.717) is 16.8 Å². The summed E-state index contributed by atoms with van der Waals surface area (Å²) in [6.07, 6.45) is 1.90. The van der Waals surface area contributed by atoms with E-state index < -0.39 is 10.0 Å². The molecule has 0 radical (unpaired) electrons. The van der Waals surface area contributed by atoms with E-state index in [-0.39, 0.29) is 12.1 Å². The van der Waals surface area contributed by atoms with Crippen molar-refractivity contribution in [2.75, 3.05) is 6.61 Å². The Bertz CT molecular complexity index is 548. The maximum atomic E-state index is 12.4. The van der Waals surface area contributed by atoms with Gasteiger partial charge in [0.1, 0.15) is 4.21 Å². The van der Waals surface area contributed by atoms with Crippen LogP contribution in [0.4, 0.5) is 0 Å². The normalized spacial score (nSPS) is 21.0. The van der Waals surface area contributed by atoms with E-state index in [9.17, 15) is 8.42 Å². The molecule has 1 aliphatic heterocycles. The number of thiophene rings is 1. The van der Waals surface area contributed by atoms with E-state index >= 15 is 0 Å². The van der Waals surface area contributed by atoms with Crippen LogP contribution in [0.15, 0.2) is 15.7 Å². The standard InChI is InChI=1S/C14H24N2O3S2/c1-10(2)15-8-12-7-14(20-9-12)21(17,18)16-11(3)13-5-4-6-19-13/h7,9-11,13,15-16H,4-6,8H2,1-3H3. The Balaban J connectivity index is 1.98. The number of sulfonamides is 1. The van der Waals surface area contributed by atoms with Crippen molar-refractivity contribution in [1.82, 2.24) is 10.0 Å².